The highest BCUT2D eigenvalue weighted by Gasteiger charge is 2.56. The molecular weight excluding hydrogens is 212 g/mol. The molecule has 2 nitrogen and oxygen atoms in total. The van der Waals surface area contributed by atoms with E-state index in [0.29, 0.717) is 30.8 Å². The zero-order valence-electron chi connectivity index (χ0n) is 11.0. The third-order valence-electron chi connectivity index (χ3n) is 3.03. The lowest BCUT2D eigenvalue weighted by molar-refractivity contribution is -0.0231. The number of ether oxygens (including phenoxy) is 1. The first kappa shape index (κ1) is 15.8. The van der Waals surface area contributed by atoms with Gasteiger partial charge in [-0.2, -0.15) is 8.78 Å². The summed E-state index contributed by atoms with van der Waals surface area (Å²) in [6.45, 7) is 7.61. The minimum Gasteiger partial charge on any atom is -0.384 e. The number of halogens is 2. The van der Waals surface area contributed by atoms with Crippen LogP contribution in [-0.4, -0.2) is 38.3 Å². The lowest BCUT2D eigenvalue weighted by Crippen LogP contribution is -2.30. The van der Waals surface area contributed by atoms with Gasteiger partial charge in [0.25, 0.3) is 6.55 Å². The van der Waals surface area contributed by atoms with E-state index in [1.807, 2.05) is 27.7 Å². The molecule has 4 heteroatoms. The molecule has 2 aliphatic rings. The number of nitrogens with zero attached hydrogens (tertiary/aromatic N) is 1. The van der Waals surface area contributed by atoms with Gasteiger partial charge in [-0.1, -0.05) is 27.7 Å². The summed E-state index contributed by atoms with van der Waals surface area (Å²) < 4.78 is 29.3. The molecule has 0 bridgehead atoms. The fraction of sp³-hybridized carbons (Fsp3) is 1.00. The number of likely N-dealkylation sites (tertiary alicyclic amines) is 1. The highest BCUT2D eigenvalue weighted by molar-refractivity contribution is 5.04. The van der Waals surface area contributed by atoms with Crippen LogP contribution in [0.1, 0.15) is 27.7 Å². The van der Waals surface area contributed by atoms with E-state index in [1.54, 1.807) is 7.11 Å². The van der Waals surface area contributed by atoms with E-state index in [2.05, 4.69) is 0 Å². The van der Waals surface area contributed by atoms with E-state index in [9.17, 15) is 8.78 Å². The molecule has 1 saturated carbocycles. The Balaban J connectivity index is 0.000000509. The van der Waals surface area contributed by atoms with E-state index < -0.39 is 6.55 Å². The van der Waals surface area contributed by atoms with Gasteiger partial charge < -0.3 is 4.74 Å². The summed E-state index contributed by atoms with van der Waals surface area (Å²) in [7, 11) is 1.67. The van der Waals surface area contributed by atoms with Gasteiger partial charge in [-0.25, -0.2) is 4.90 Å². The van der Waals surface area contributed by atoms with Crippen molar-refractivity contribution < 1.29 is 13.5 Å². The summed E-state index contributed by atoms with van der Waals surface area (Å²) in [6, 6.07) is 0. The number of piperidine rings is 1. The summed E-state index contributed by atoms with van der Waals surface area (Å²) in [5, 5.41) is 0. The van der Waals surface area contributed by atoms with Crippen LogP contribution in [0.5, 0.6) is 0 Å². The molecule has 3 atom stereocenters. The van der Waals surface area contributed by atoms with Crippen molar-refractivity contribution in [3.05, 3.63) is 0 Å². The van der Waals surface area contributed by atoms with E-state index >= 15 is 0 Å². The molecule has 0 radical (unpaired) electrons. The molecule has 0 amide bonds. The molecular formula is C12H25F2NO. The van der Waals surface area contributed by atoms with Crippen LogP contribution in [0, 0.1) is 17.8 Å². The average molecular weight is 237 g/mol. The molecule has 0 aromatic carbocycles. The molecule has 1 aliphatic heterocycles. The minimum atomic E-state index is -2.26. The second-order valence-corrected chi connectivity index (χ2v) is 3.68. The SMILES string of the molecule is CC.CC.COCC1[C@H]2CN(C(F)F)C[C@@H]12. The minimum absolute atomic E-state index is 0.485. The van der Waals surface area contributed by atoms with Crippen LogP contribution in [-0.2, 0) is 4.74 Å². The first-order chi connectivity index (χ1) is 7.74. The summed E-state index contributed by atoms with van der Waals surface area (Å²) in [4.78, 5) is 1.25. The van der Waals surface area contributed by atoms with Gasteiger partial charge in [-0.3, -0.25) is 0 Å². The first-order valence-corrected chi connectivity index (χ1v) is 6.25. The smallest absolute Gasteiger partial charge is 0.294 e. The zero-order chi connectivity index (χ0) is 12.7. The lowest BCUT2D eigenvalue weighted by Gasteiger charge is -2.17. The van der Waals surface area contributed by atoms with Crippen LogP contribution in [0.3, 0.4) is 0 Å². The summed E-state index contributed by atoms with van der Waals surface area (Å²) in [5.41, 5.74) is 0. The molecule has 0 aromatic heterocycles. The maximum atomic E-state index is 12.1. The molecule has 2 rings (SSSR count). The highest BCUT2D eigenvalue weighted by atomic mass is 19.3. The predicted octanol–water partition coefficient (Wildman–Crippen LogP) is 3.09. The Morgan fingerprint density at radius 2 is 1.56 bits per heavy atom. The number of fused-ring (bicyclic) bond motifs is 1. The zero-order valence-corrected chi connectivity index (χ0v) is 11.0. The second-order valence-electron chi connectivity index (χ2n) is 3.68. The van der Waals surface area contributed by atoms with Gasteiger partial charge in [0.1, 0.15) is 0 Å². The number of alkyl halides is 2. The van der Waals surface area contributed by atoms with Gasteiger partial charge in [-0.15, -0.1) is 0 Å². The highest BCUT2D eigenvalue weighted by Crippen LogP contribution is 2.52. The second kappa shape index (κ2) is 7.96. The largest absolute Gasteiger partial charge is 0.384 e. The summed E-state index contributed by atoms with van der Waals surface area (Å²) in [5.74, 6) is 1.53. The standard InChI is InChI=1S/C8H13F2NO.2C2H6/c1-12-4-7-5-2-11(8(9)10)3-6(5)7;2*1-2/h5-8H,2-4H2,1H3;2*1-2H3/t5-,6+,7?;;. The molecule has 16 heavy (non-hydrogen) atoms. The van der Waals surface area contributed by atoms with Crippen LogP contribution in [0.25, 0.3) is 0 Å². The van der Waals surface area contributed by atoms with Crippen molar-refractivity contribution in [2.45, 2.75) is 34.2 Å². The Bertz CT molecular complexity index is 166. The average Bonchev–Trinajstić information content (AvgIpc) is 2.80. The number of hydrogen-bond acceptors (Lipinski definition) is 2. The lowest BCUT2D eigenvalue weighted by atomic mass is 10.3. The Hall–Kier alpha value is -0.220. The van der Waals surface area contributed by atoms with Crippen LogP contribution in [0.15, 0.2) is 0 Å². The maximum absolute atomic E-state index is 12.1. The van der Waals surface area contributed by atoms with Crippen LogP contribution >= 0.6 is 0 Å². The molecule has 1 heterocycles. The third kappa shape index (κ3) is 3.67. The monoisotopic (exact) mass is 237 g/mol. The van der Waals surface area contributed by atoms with Crippen LogP contribution in [0.2, 0.25) is 0 Å². The van der Waals surface area contributed by atoms with Crippen LogP contribution in [0.4, 0.5) is 8.78 Å². The molecule has 0 spiro atoms. The van der Waals surface area contributed by atoms with Crippen LogP contribution < -0.4 is 0 Å². The Morgan fingerprint density at radius 3 is 1.88 bits per heavy atom. The topological polar surface area (TPSA) is 12.5 Å². The fourth-order valence-electron chi connectivity index (χ4n) is 2.28. The van der Waals surface area contributed by atoms with Gasteiger partial charge in [0.15, 0.2) is 0 Å². The molecule has 1 saturated heterocycles. The fourth-order valence-corrected chi connectivity index (χ4v) is 2.28. The molecule has 0 aromatic rings. The van der Waals surface area contributed by atoms with Gasteiger partial charge in [0, 0.05) is 26.8 Å². The van der Waals surface area contributed by atoms with E-state index in [-0.39, 0.29) is 0 Å². The predicted molar refractivity (Wildman–Crippen MR) is 62.6 cm³/mol. The van der Waals surface area contributed by atoms with Gasteiger partial charge in [0.05, 0.1) is 0 Å². The van der Waals surface area contributed by atoms with E-state index in [0.717, 1.165) is 6.61 Å². The van der Waals surface area contributed by atoms with E-state index in [1.165, 1.54) is 4.90 Å². The number of hydrogen-bond donors (Lipinski definition) is 0. The van der Waals surface area contributed by atoms with Crippen molar-refractivity contribution in [2.24, 2.45) is 17.8 Å². The quantitative estimate of drug-likeness (QED) is 0.699. The summed E-state index contributed by atoms with van der Waals surface area (Å²) >= 11 is 0. The van der Waals surface area contributed by atoms with Crippen molar-refractivity contribution in [3.8, 4) is 0 Å². The molecule has 1 unspecified atom stereocenters. The molecule has 0 N–H and O–H groups in total. The van der Waals surface area contributed by atoms with Gasteiger partial charge in [-0.05, 0) is 17.8 Å². The summed E-state index contributed by atoms with van der Waals surface area (Å²) in [6.07, 6.45) is 0. The molecule has 2 fully saturated rings. The number of methoxy groups -OCH3 is 1. The Labute approximate surface area is 98.0 Å². The third-order valence-corrected chi connectivity index (χ3v) is 3.03. The first-order valence-electron chi connectivity index (χ1n) is 6.25. The van der Waals surface area contributed by atoms with Gasteiger partial charge in [0.2, 0.25) is 0 Å². The molecule has 1 aliphatic carbocycles. The van der Waals surface area contributed by atoms with Crippen molar-refractivity contribution in [3.63, 3.8) is 0 Å². The normalized spacial score (nSPS) is 31.1. The maximum Gasteiger partial charge on any atom is 0.294 e. The van der Waals surface area contributed by atoms with Crippen molar-refractivity contribution in [1.29, 1.82) is 0 Å². The van der Waals surface area contributed by atoms with Crippen molar-refractivity contribution >= 4 is 0 Å². The van der Waals surface area contributed by atoms with Crippen molar-refractivity contribution in [2.75, 3.05) is 26.8 Å². The van der Waals surface area contributed by atoms with Crippen molar-refractivity contribution in [1.82, 2.24) is 4.90 Å². The Kier molecular flexibility index (Phi) is 7.85. The Morgan fingerprint density at radius 1 is 1.12 bits per heavy atom. The number of rotatable bonds is 3. The van der Waals surface area contributed by atoms with Gasteiger partial charge >= 0.3 is 0 Å². The molecule has 98 valence electrons. The van der Waals surface area contributed by atoms with E-state index in [4.69, 9.17) is 4.74 Å².